The van der Waals surface area contributed by atoms with E-state index >= 15 is 0 Å². The molecule has 4 heteroatoms. The van der Waals surface area contributed by atoms with Crippen LogP contribution in [0.1, 0.15) is 5.56 Å². The zero-order valence-electron chi connectivity index (χ0n) is 6.99. The predicted molar refractivity (Wildman–Crippen MR) is 55.1 cm³/mol. The van der Waals surface area contributed by atoms with Crippen LogP contribution >= 0.6 is 12.2 Å². The second kappa shape index (κ2) is 4.57. The van der Waals surface area contributed by atoms with Gasteiger partial charge in [0, 0.05) is 6.54 Å². The number of hydrogen-bond acceptors (Lipinski definition) is 2. The molecule has 0 aliphatic rings. The molecule has 0 aromatic heterocycles. The highest BCUT2D eigenvalue weighted by Gasteiger charge is 2.01. The molecule has 68 valence electrons. The van der Waals surface area contributed by atoms with Crippen LogP contribution in [0, 0.1) is 0 Å². The molecular weight excluding hydrogens is 184 g/mol. The van der Waals surface area contributed by atoms with Crippen molar-refractivity contribution in [3.05, 3.63) is 35.9 Å². The van der Waals surface area contributed by atoms with Gasteiger partial charge in [0.05, 0.1) is 0 Å². The van der Waals surface area contributed by atoms with Gasteiger partial charge >= 0.3 is 0 Å². The standard InChI is InChI=1S/C9H10N2OS/c10-8(12)9(13)11-6-7-4-2-1-3-5-7/h1-5H,6H2,(H2,10,12)(H,11,13). The third kappa shape index (κ3) is 3.21. The normalized spacial score (nSPS) is 9.23. The van der Waals surface area contributed by atoms with E-state index in [0.717, 1.165) is 5.56 Å². The molecule has 0 fully saturated rings. The van der Waals surface area contributed by atoms with Crippen LogP contribution in [0.4, 0.5) is 0 Å². The lowest BCUT2D eigenvalue weighted by molar-refractivity contribution is -0.112. The fraction of sp³-hybridized carbons (Fsp3) is 0.111. The van der Waals surface area contributed by atoms with Crippen LogP contribution < -0.4 is 11.1 Å². The van der Waals surface area contributed by atoms with E-state index < -0.39 is 5.91 Å². The number of nitrogens with two attached hydrogens (primary N) is 1. The summed E-state index contributed by atoms with van der Waals surface area (Å²) < 4.78 is 0. The van der Waals surface area contributed by atoms with E-state index in [-0.39, 0.29) is 4.99 Å². The van der Waals surface area contributed by atoms with E-state index in [4.69, 9.17) is 18.0 Å². The van der Waals surface area contributed by atoms with Gasteiger partial charge in [0.1, 0.15) is 0 Å². The van der Waals surface area contributed by atoms with Crippen LogP contribution in [0.15, 0.2) is 30.3 Å². The lowest BCUT2D eigenvalue weighted by Crippen LogP contribution is -2.33. The van der Waals surface area contributed by atoms with Gasteiger partial charge in [0.15, 0.2) is 4.99 Å². The Morgan fingerprint density at radius 3 is 2.54 bits per heavy atom. The first-order valence-corrected chi connectivity index (χ1v) is 4.22. The summed E-state index contributed by atoms with van der Waals surface area (Å²) in [6, 6.07) is 9.65. The van der Waals surface area contributed by atoms with Gasteiger partial charge in [-0.05, 0) is 5.56 Å². The van der Waals surface area contributed by atoms with Crippen molar-refractivity contribution >= 4 is 23.1 Å². The molecule has 0 aliphatic heterocycles. The van der Waals surface area contributed by atoms with Gasteiger partial charge in [0.2, 0.25) is 0 Å². The number of carbonyl (C=O) groups excluding carboxylic acids is 1. The van der Waals surface area contributed by atoms with E-state index in [2.05, 4.69) is 5.32 Å². The Balaban J connectivity index is 2.44. The number of amides is 1. The second-order valence-corrected chi connectivity index (χ2v) is 2.94. The van der Waals surface area contributed by atoms with Crippen LogP contribution in [0.25, 0.3) is 0 Å². The second-order valence-electron chi connectivity index (χ2n) is 2.53. The predicted octanol–water partition coefficient (Wildman–Crippen LogP) is 0.589. The number of nitrogens with one attached hydrogen (secondary N) is 1. The van der Waals surface area contributed by atoms with Crippen molar-refractivity contribution < 1.29 is 4.79 Å². The maximum Gasteiger partial charge on any atom is 0.276 e. The van der Waals surface area contributed by atoms with Crippen molar-refractivity contribution in [2.75, 3.05) is 0 Å². The first kappa shape index (κ1) is 9.67. The molecule has 0 spiro atoms. The average Bonchev–Trinajstić information content (AvgIpc) is 2.15. The Morgan fingerprint density at radius 1 is 1.38 bits per heavy atom. The van der Waals surface area contributed by atoms with Crippen LogP contribution in [-0.2, 0) is 11.3 Å². The first-order valence-electron chi connectivity index (χ1n) is 3.81. The van der Waals surface area contributed by atoms with Crippen LogP contribution in [0.5, 0.6) is 0 Å². The van der Waals surface area contributed by atoms with Crippen LogP contribution in [0.3, 0.4) is 0 Å². The fourth-order valence-corrected chi connectivity index (χ4v) is 0.937. The summed E-state index contributed by atoms with van der Waals surface area (Å²) in [7, 11) is 0. The molecule has 3 N–H and O–H groups in total. The zero-order valence-corrected chi connectivity index (χ0v) is 7.80. The summed E-state index contributed by atoms with van der Waals surface area (Å²) in [5.74, 6) is -0.592. The minimum Gasteiger partial charge on any atom is -0.368 e. The Morgan fingerprint density at radius 2 is 2.00 bits per heavy atom. The maximum atomic E-state index is 10.5. The van der Waals surface area contributed by atoms with Gasteiger partial charge in [-0.3, -0.25) is 4.79 Å². The van der Waals surface area contributed by atoms with Crippen LogP contribution in [-0.4, -0.2) is 10.9 Å². The highest BCUT2D eigenvalue weighted by molar-refractivity contribution is 7.82. The Bertz CT molecular complexity index is 311. The SMILES string of the molecule is NC(=O)C(=S)NCc1ccccc1. The third-order valence-electron chi connectivity index (χ3n) is 1.52. The third-order valence-corrected chi connectivity index (χ3v) is 1.87. The van der Waals surface area contributed by atoms with Gasteiger partial charge in [0.25, 0.3) is 5.91 Å². The Kier molecular flexibility index (Phi) is 3.40. The number of carbonyl (C=O) groups is 1. The van der Waals surface area contributed by atoms with Crippen molar-refractivity contribution in [2.24, 2.45) is 5.73 Å². The Labute approximate surface area is 81.9 Å². The number of primary amides is 1. The molecule has 0 bridgehead atoms. The molecule has 0 radical (unpaired) electrons. The molecule has 13 heavy (non-hydrogen) atoms. The van der Waals surface area contributed by atoms with Crippen molar-refractivity contribution in [3.8, 4) is 0 Å². The van der Waals surface area contributed by atoms with Crippen molar-refractivity contribution in [1.29, 1.82) is 0 Å². The number of benzene rings is 1. The van der Waals surface area contributed by atoms with E-state index in [1.165, 1.54) is 0 Å². The maximum absolute atomic E-state index is 10.5. The summed E-state index contributed by atoms with van der Waals surface area (Å²) in [6.45, 7) is 0.530. The van der Waals surface area contributed by atoms with Gasteiger partial charge in [-0.25, -0.2) is 0 Å². The molecule has 3 nitrogen and oxygen atoms in total. The molecular formula is C9H10N2OS. The Hall–Kier alpha value is -1.42. The van der Waals surface area contributed by atoms with Crippen molar-refractivity contribution in [3.63, 3.8) is 0 Å². The van der Waals surface area contributed by atoms with Gasteiger partial charge in [-0.15, -0.1) is 0 Å². The minimum atomic E-state index is -0.592. The summed E-state index contributed by atoms with van der Waals surface area (Å²) in [5, 5.41) is 2.76. The highest BCUT2D eigenvalue weighted by Crippen LogP contribution is 1.96. The molecule has 0 atom stereocenters. The smallest absolute Gasteiger partial charge is 0.276 e. The monoisotopic (exact) mass is 194 g/mol. The molecule has 0 saturated heterocycles. The quantitative estimate of drug-likeness (QED) is 0.677. The molecule has 0 heterocycles. The van der Waals surface area contributed by atoms with E-state index in [1.54, 1.807) is 0 Å². The number of thiocarbonyl (C=S) groups is 1. The summed E-state index contributed by atoms with van der Waals surface area (Å²) in [6.07, 6.45) is 0. The summed E-state index contributed by atoms with van der Waals surface area (Å²) in [4.78, 5) is 10.6. The summed E-state index contributed by atoms with van der Waals surface area (Å²) in [5.41, 5.74) is 6.02. The topological polar surface area (TPSA) is 55.1 Å². The molecule has 1 amide bonds. The average molecular weight is 194 g/mol. The highest BCUT2D eigenvalue weighted by atomic mass is 32.1. The van der Waals surface area contributed by atoms with Crippen LogP contribution in [0.2, 0.25) is 0 Å². The lowest BCUT2D eigenvalue weighted by Gasteiger charge is -2.03. The van der Waals surface area contributed by atoms with Gasteiger partial charge in [-0.1, -0.05) is 42.5 Å². The van der Waals surface area contributed by atoms with E-state index in [9.17, 15) is 4.79 Å². The van der Waals surface area contributed by atoms with Gasteiger partial charge in [-0.2, -0.15) is 0 Å². The fourth-order valence-electron chi connectivity index (χ4n) is 0.865. The summed E-state index contributed by atoms with van der Waals surface area (Å²) >= 11 is 4.69. The largest absolute Gasteiger partial charge is 0.368 e. The van der Waals surface area contributed by atoms with Crippen molar-refractivity contribution in [1.82, 2.24) is 5.32 Å². The molecule has 1 rings (SSSR count). The first-order chi connectivity index (χ1) is 6.20. The molecule has 0 unspecified atom stereocenters. The number of hydrogen-bond donors (Lipinski definition) is 2. The molecule has 0 aliphatic carbocycles. The molecule has 1 aromatic rings. The zero-order chi connectivity index (χ0) is 9.68. The lowest BCUT2D eigenvalue weighted by atomic mass is 10.2. The van der Waals surface area contributed by atoms with Gasteiger partial charge < -0.3 is 11.1 Å². The molecule has 0 saturated carbocycles. The van der Waals surface area contributed by atoms with E-state index in [1.807, 2.05) is 30.3 Å². The number of rotatable bonds is 2. The molecule has 1 aromatic carbocycles. The minimum absolute atomic E-state index is 0.0730. The van der Waals surface area contributed by atoms with E-state index in [0.29, 0.717) is 6.54 Å². The van der Waals surface area contributed by atoms with Crippen molar-refractivity contribution in [2.45, 2.75) is 6.54 Å².